The lowest BCUT2D eigenvalue weighted by Crippen LogP contribution is -2.46. The number of aromatic nitrogens is 2. The summed E-state index contributed by atoms with van der Waals surface area (Å²) in [5.74, 6) is 1.48. The highest BCUT2D eigenvalue weighted by Crippen LogP contribution is 2.33. The van der Waals surface area contributed by atoms with Crippen LogP contribution in [-0.4, -0.2) is 73.5 Å². The van der Waals surface area contributed by atoms with E-state index in [0.29, 0.717) is 19.7 Å². The third-order valence-corrected chi connectivity index (χ3v) is 8.57. The molecule has 0 spiro atoms. The summed E-state index contributed by atoms with van der Waals surface area (Å²) in [5.41, 5.74) is 5.00. The number of unbranched alkanes of at least 4 members (excludes halogenated alkanes) is 2. The van der Waals surface area contributed by atoms with E-state index in [-0.39, 0.29) is 6.03 Å². The van der Waals surface area contributed by atoms with Crippen LogP contribution in [0.15, 0.2) is 85.5 Å². The lowest BCUT2D eigenvalue weighted by atomic mass is 10.1. The minimum Gasteiger partial charge on any atom is -0.496 e. The molecule has 1 N–H and O–H groups in total. The quantitative estimate of drug-likeness (QED) is 0.149. The summed E-state index contributed by atoms with van der Waals surface area (Å²) in [5, 5.41) is 3.17. The molecular formula is C37H48N6O3. The van der Waals surface area contributed by atoms with E-state index in [0.717, 1.165) is 92.4 Å². The van der Waals surface area contributed by atoms with E-state index in [4.69, 9.17) is 9.47 Å². The molecule has 1 aromatic heterocycles. The van der Waals surface area contributed by atoms with Gasteiger partial charge in [0, 0.05) is 75.1 Å². The number of ether oxygens (including phenoxy) is 2. The van der Waals surface area contributed by atoms with Crippen LogP contribution in [0.5, 0.6) is 11.5 Å². The summed E-state index contributed by atoms with van der Waals surface area (Å²) < 4.78 is 14.0. The van der Waals surface area contributed by atoms with E-state index in [2.05, 4.69) is 57.4 Å². The number of carbonyl (C=O) groups excluding carboxylic acids is 1. The minimum atomic E-state index is -0.151. The number of carbonyl (C=O) groups is 1. The van der Waals surface area contributed by atoms with Gasteiger partial charge in [-0.25, -0.2) is 9.78 Å². The highest BCUT2D eigenvalue weighted by Gasteiger charge is 2.22. The molecule has 0 saturated carbocycles. The van der Waals surface area contributed by atoms with Crippen LogP contribution in [0.1, 0.15) is 43.7 Å². The zero-order valence-electron chi connectivity index (χ0n) is 27.5. The van der Waals surface area contributed by atoms with E-state index in [1.54, 1.807) is 19.6 Å². The predicted octanol–water partition coefficient (Wildman–Crippen LogP) is 6.69. The number of methoxy groups -OCH3 is 1. The van der Waals surface area contributed by atoms with Crippen LogP contribution in [0.25, 0.3) is 5.69 Å². The number of urea groups is 1. The summed E-state index contributed by atoms with van der Waals surface area (Å²) in [6.45, 7) is 10.9. The summed E-state index contributed by atoms with van der Waals surface area (Å²) in [6.07, 6.45) is 9.35. The van der Waals surface area contributed by atoms with Gasteiger partial charge in [-0.2, -0.15) is 0 Å². The summed E-state index contributed by atoms with van der Waals surface area (Å²) >= 11 is 0. The van der Waals surface area contributed by atoms with Crippen molar-refractivity contribution in [2.24, 2.45) is 0 Å². The number of amides is 2. The molecule has 0 radical (unpaired) electrons. The van der Waals surface area contributed by atoms with Crippen molar-refractivity contribution in [2.45, 2.75) is 46.1 Å². The number of aryl methyl sites for hydroxylation is 1. The number of hydrogen-bond donors (Lipinski definition) is 1. The average molecular weight is 625 g/mol. The van der Waals surface area contributed by atoms with Gasteiger partial charge in [0.1, 0.15) is 11.5 Å². The monoisotopic (exact) mass is 624 g/mol. The third-order valence-electron chi connectivity index (χ3n) is 8.57. The molecule has 1 aliphatic heterocycles. The van der Waals surface area contributed by atoms with Crippen molar-refractivity contribution >= 4 is 17.4 Å². The Morgan fingerprint density at radius 2 is 1.76 bits per heavy atom. The Morgan fingerprint density at radius 3 is 2.50 bits per heavy atom. The zero-order valence-corrected chi connectivity index (χ0v) is 27.5. The molecule has 0 bridgehead atoms. The number of hydrogen-bond acceptors (Lipinski definition) is 6. The number of imidazole rings is 1. The van der Waals surface area contributed by atoms with Crippen LogP contribution in [0.4, 0.5) is 16.2 Å². The smallest absolute Gasteiger partial charge is 0.322 e. The largest absolute Gasteiger partial charge is 0.496 e. The highest BCUT2D eigenvalue weighted by molar-refractivity contribution is 5.94. The molecule has 0 aliphatic carbocycles. The second-order valence-corrected chi connectivity index (χ2v) is 11.8. The molecular weight excluding hydrogens is 576 g/mol. The van der Waals surface area contributed by atoms with Gasteiger partial charge in [-0.3, -0.25) is 9.80 Å². The fourth-order valence-electron chi connectivity index (χ4n) is 6.01. The second kappa shape index (κ2) is 16.7. The molecule has 9 heteroatoms. The Labute approximate surface area is 273 Å². The van der Waals surface area contributed by atoms with Crippen molar-refractivity contribution in [3.05, 3.63) is 96.6 Å². The molecule has 2 heterocycles. The van der Waals surface area contributed by atoms with Gasteiger partial charge >= 0.3 is 6.03 Å². The zero-order chi connectivity index (χ0) is 32.1. The van der Waals surface area contributed by atoms with Crippen molar-refractivity contribution in [3.63, 3.8) is 0 Å². The van der Waals surface area contributed by atoms with Crippen LogP contribution < -0.4 is 24.6 Å². The summed E-state index contributed by atoms with van der Waals surface area (Å²) in [4.78, 5) is 24.9. The molecule has 46 heavy (non-hydrogen) atoms. The maximum absolute atomic E-state index is 13.9. The summed E-state index contributed by atoms with van der Waals surface area (Å²) in [7, 11) is 1.65. The predicted molar refractivity (Wildman–Crippen MR) is 186 cm³/mol. The van der Waals surface area contributed by atoms with Crippen LogP contribution in [0.2, 0.25) is 0 Å². The number of anilines is 2. The highest BCUT2D eigenvalue weighted by atomic mass is 16.5. The topological polar surface area (TPSA) is 75.1 Å². The van der Waals surface area contributed by atoms with Gasteiger partial charge in [0.15, 0.2) is 0 Å². The number of nitrogens with zero attached hydrogens (tertiary/aromatic N) is 5. The molecule has 0 atom stereocenters. The van der Waals surface area contributed by atoms with E-state index in [1.165, 1.54) is 5.69 Å². The van der Waals surface area contributed by atoms with Gasteiger partial charge in [0.05, 0.1) is 25.7 Å². The Hall–Kier alpha value is -4.50. The second-order valence-electron chi connectivity index (χ2n) is 11.8. The first-order valence-electron chi connectivity index (χ1n) is 16.5. The standard InChI is InChI=1S/C37H48N6O3/c1-4-5-9-20-43(37(44)39-28-31-27-33(16-17-34(31)45-3)42-21-18-38-29-42)36-30(2)12-10-15-35(36)46-26-11-19-40-22-24-41(25-23-40)32-13-7-6-8-14-32/h6-8,10,12-18,21,27,29H,4-5,9,11,19-20,22-26,28H2,1-3H3,(H,39,44). The van der Waals surface area contributed by atoms with Gasteiger partial charge in [-0.05, 0) is 61.7 Å². The lowest BCUT2D eigenvalue weighted by Gasteiger charge is -2.36. The molecule has 3 aromatic carbocycles. The van der Waals surface area contributed by atoms with E-state index < -0.39 is 0 Å². The molecule has 1 saturated heterocycles. The van der Waals surface area contributed by atoms with Crippen LogP contribution in [-0.2, 0) is 6.54 Å². The van der Waals surface area contributed by atoms with Crippen LogP contribution >= 0.6 is 0 Å². The summed E-state index contributed by atoms with van der Waals surface area (Å²) in [6, 6.07) is 22.5. The average Bonchev–Trinajstić information content (AvgIpc) is 3.64. The number of nitrogens with one attached hydrogen (secondary N) is 1. The number of rotatable bonds is 15. The van der Waals surface area contributed by atoms with Gasteiger partial charge in [-0.15, -0.1) is 0 Å². The van der Waals surface area contributed by atoms with E-state index >= 15 is 0 Å². The number of benzene rings is 3. The van der Waals surface area contributed by atoms with E-state index in [1.807, 2.05) is 59.0 Å². The van der Waals surface area contributed by atoms with Gasteiger partial charge in [0.2, 0.25) is 0 Å². The minimum absolute atomic E-state index is 0.151. The Morgan fingerprint density at radius 1 is 0.935 bits per heavy atom. The molecule has 5 rings (SSSR count). The maximum atomic E-state index is 13.9. The first-order valence-corrected chi connectivity index (χ1v) is 16.5. The first kappa shape index (κ1) is 32.9. The first-order chi connectivity index (χ1) is 22.6. The van der Waals surface area contributed by atoms with Crippen LogP contribution in [0, 0.1) is 6.92 Å². The number of para-hydroxylation sites is 2. The normalized spacial score (nSPS) is 13.4. The van der Waals surface area contributed by atoms with Crippen molar-refractivity contribution in [1.82, 2.24) is 19.8 Å². The number of piperazine rings is 1. The van der Waals surface area contributed by atoms with Gasteiger partial charge < -0.3 is 24.3 Å². The molecule has 0 unspecified atom stereocenters. The van der Waals surface area contributed by atoms with E-state index in [9.17, 15) is 4.79 Å². The molecule has 244 valence electrons. The molecule has 1 fully saturated rings. The van der Waals surface area contributed by atoms with Crippen molar-refractivity contribution in [3.8, 4) is 17.2 Å². The van der Waals surface area contributed by atoms with Crippen molar-refractivity contribution in [2.75, 3.05) is 62.8 Å². The lowest BCUT2D eigenvalue weighted by molar-refractivity contribution is 0.224. The fraction of sp³-hybridized carbons (Fsp3) is 0.405. The van der Waals surface area contributed by atoms with Crippen LogP contribution in [0.3, 0.4) is 0 Å². The Kier molecular flexibility index (Phi) is 11.9. The molecule has 2 amide bonds. The molecule has 1 aliphatic rings. The maximum Gasteiger partial charge on any atom is 0.322 e. The SMILES string of the molecule is CCCCCN(C(=O)NCc1cc(-n2ccnc2)ccc1OC)c1c(C)cccc1OCCCN1CCN(c2ccccc2)CC1. The third kappa shape index (κ3) is 8.60. The van der Waals surface area contributed by atoms with Gasteiger partial charge in [0.25, 0.3) is 0 Å². The molecule has 4 aromatic rings. The Balaban J connectivity index is 1.21. The Bertz CT molecular complexity index is 1500. The van der Waals surface area contributed by atoms with Gasteiger partial charge in [-0.1, -0.05) is 50.1 Å². The van der Waals surface area contributed by atoms with Crippen molar-refractivity contribution < 1.29 is 14.3 Å². The fourth-order valence-corrected chi connectivity index (χ4v) is 6.01. The van der Waals surface area contributed by atoms with Crippen molar-refractivity contribution in [1.29, 1.82) is 0 Å². The molecule has 9 nitrogen and oxygen atoms in total.